The minimum atomic E-state index is -0.716. The fraction of sp³-hybridized carbons (Fsp3) is 0.111. The number of hydrogen-bond acceptors (Lipinski definition) is 5. The highest BCUT2D eigenvalue weighted by atomic mass is 35.5. The summed E-state index contributed by atoms with van der Waals surface area (Å²) in [7, 11) is 0. The molecule has 2 aromatic carbocycles. The number of halogens is 3. The van der Waals surface area contributed by atoms with Crippen molar-refractivity contribution in [3.05, 3.63) is 69.7 Å². The molecular weight excluding hydrogens is 394 g/mol. The average Bonchev–Trinajstić information content (AvgIpc) is 3.18. The molecule has 3 rings (SSSR count). The van der Waals surface area contributed by atoms with E-state index in [0.29, 0.717) is 0 Å². The van der Waals surface area contributed by atoms with Crippen molar-refractivity contribution in [2.75, 3.05) is 0 Å². The highest BCUT2D eigenvalue weighted by Crippen LogP contribution is 2.35. The van der Waals surface area contributed by atoms with E-state index in [4.69, 9.17) is 33.2 Å². The van der Waals surface area contributed by atoms with E-state index in [0.717, 1.165) is 0 Å². The number of ether oxygens (including phenoxy) is 1. The van der Waals surface area contributed by atoms with Gasteiger partial charge in [0.05, 0.1) is 16.7 Å². The maximum Gasteiger partial charge on any atom is 0.263 e. The van der Waals surface area contributed by atoms with Crippen molar-refractivity contribution in [2.24, 2.45) is 0 Å². The predicted molar refractivity (Wildman–Crippen MR) is 98.7 cm³/mol. The third kappa shape index (κ3) is 4.42. The van der Waals surface area contributed by atoms with Gasteiger partial charge in [0.2, 0.25) is 0 Å². The summed E-state index contributed by atoms with van der Waals surface area (Å²) in [5, 5.41) is 17.5. The second-order valence-electron chi connectivity index (χ2n) is 5.56. The van der Waals surface area contributed by atoms with Gasteiger partial charge in [-0.3, -0.25) is 4.79 Å². The molecule has 1 aliphatic rings. The summed E-state index contributed by atoms with van der Waals surface area (Å²) in [6.07, 6.45) is 2.59. The Balaban J connectivity index is 1.78. The second kappa shape index (κ2) is 8.16. The van der Waals surface area contributed by atoms with Gasteiger partial charge < -0.3 is 20.7 Å². The Kier molecular flexibility index (Phi) is 5.69. The highest BCUT2D eigenvalue weighted by Gasteiger charge is 2.20. The molecule has 0 atom stereocenters. The van der Waals surface area contributed by atoms with E-state index in [9.17, 15) is 9.18 Å². The third-order valence-electron chi connectivity index (χ3n) is 3.67. The number of carbonyl (C=O) groups is 1. The predicted octanol–water partition coefficient (Wildman–Crippen LogP) is 3.40. The van der Waals surface area contributed by atoms with E-state index in [1.807, 2.05) is 6.07 Å². The van der Waals surface area contributed by atoms with Crippen LogP contribution in [0.3, 0.4) is 0 Å². The van der Waals surface area contributed by atoms with Gasteiger partial charge in [0.1, 0.15) is 5.75 Å². The molecule has 6 nitrogen and oxygen atoms in total. The first-order chi connectivity index (χ1) is 13.0. The van der Waals surface area contributed by atoms with Gasteiger partial charge in [-0.15, -0.1) is 0 Å². The van der Waals surface area contributed by atoms with Crippen LogP contribution in [0.4, 0.5) is 4.39 Å². The number of carbonyl (C=O) groups excluding carboxylic acids is 1. The summed E-state index contributed by atoms with van der Waals surface area (Å²) in [5.41, 5.74) is 0.457. The third-order valence-corrected chi connectivity index (χ3v) is 4.19. The quantitative estimate of drug-likeness (QED) is 0.708. The van der Waals surface area contributed by atoms with Crippen molar-refractivity contribution in [3.63, 3.8) is 0 Å². The zero-order chi connectivity index (χ0) is 19.4. The van der Waals surface area contributed by atoms with Gasteiger partial charge in [-0.05, 0) is 24.3 Å². The molecule has 9 heteroatoms. The molecule has 1 amide bonds. The number of nitrogens with zero attached hydrogens (tertiary/aromatic N) is 1. The van der Waals surface area contributed by atoms with Gasteiger partial charge in [-0.25, -0.2) is 4.39 Å². The maximum atomic E-state index is 14.8. The standard InChI is InChI=1S/C18H13Cl2FN4O2/c19-12-5-10(8-22)6-13(7-12)27-16-14(20)2-1-11(15(16)21)9-25-18(26)17-23-3-4-24-17/h1-7,17,23-24H,9H2,(H,25,26). The van der Waals surface area contributed by atoms with Gasteiger partial charge >= 0.3 is 0 Å². The van der Waals surface area contributed by atoms with Crippen molar-refractivity contribution >= 4 is 29.1 Å². The number of amides is 1. The molecule has 0 aliphatic carbocycles. The van der Waals surface area contributed by atoms with Crippen LogP contribution in [-0.4, -0.2) is 12.1 Å². The van der Waals surface area contributed by atoms with Crippen LogP contribution in [0.1, 0.15) is 11.1 Å². The first kappa shape index (κ1) is 18.8. The summed E-state index contributed by atoms with van der Waals surface area (Å²) in [6, 6.07) is 9.17. The van der Waals surface area contributed by atoms with Gasteiger partial charge in [0, 0.05) is 29.5 Å². The summed E-state index contributed by atoms with van der Waals surface area (Å²) < 4.78 is 20.3. The monoisotopic (exact) mass is 406 g/mol. The van der Waals surface area contributed by atoms with Crippen molar-refractivity contribution in [1.29, 1.82) is 5.26 Å². The number of nitrogens with one attached hydrogen (secondary N) is 3. The average molecular weight is 407 g/mol. The molecule has 0 aromatic heterocycles. The molecular formula is C18H13Cl2FN4O2. The molecule has 138 valence electrons. The molecule has 0 saturated carbocycles. The van der Waals surface area contributed by atoms with Gasteiger partial charge in [-0.2, -0.15) is 5.26 Å². The van der Waals surface area contributed by atoms with Crippen LogP contribution in [-0.2, 0) is 11.3 Å². The Morgan fingerprint density at radius 2 is 2.00 bits per heavy atom. The molecule has 3 N–H and O–H groups in total. The number of nitriles is 1. The second-order valence-corrected chi connectivity index (χ2v) is 6.40. The van der Waals surface area contributed by atoms with Crippen molar-refractivity contribution < 1.29 is 13.9 Å². The van der Waals surface area contributed by atoms with E-state index < -0.39 is 12.0 Å². The molecule has 1 aliphatic heterocycles. The Hall–Kier alpha value is -2.95. The Bertz CT molecular complexity index is 951. The lowest BCUT2D eigenvalue weighted by Crippen LogP contribution is -2.46. The van der Waals surface area contributed by atoms with E-state index >= 15 is 0 Å². The summed E-state index contributed by atoms with van der Waals surface area (Å²) >= 11 is 12.0. The lowest BCUT2D eigenvalue weighted by atomic mass is 10.2. The molecule has 2 aromatic rings. The van der Waals surface area contributed by atoms with Crippen molar-refractivity contribution in [2.45, 2.75) is 12.7 Å². The Labute approximate surface area is 164 Å². The van der Waals surface area contributed by atoms with Crippen LogP contribution in [0.2, 0.25) is 10.0 Å². The van der Waals surface area contributed by atoms with Crippen molar-refractivity contribution in [3.8, 4) is 17.6 Å². The summed E-state index contributed by atoms with van der Waals surface area (Å²) in [4.78, 5) is 12.0. The largest absolute Gasteiger partial charge is 0.453 e. The molecule has 0 unspecified atom stereocenters. The molecule has 0 saturated heterocycles. The van der Waals surface area contributed by atoms with E-state index in [2.05, 4.69) is 16.0 Å². The normalized spacial score (nSPS) is 12.8. The first-order valence-electron chi connectivity index (χ1n) is 7.78. The fourth-order valence-electron chi connectivity index (χ4n) is 2.38. The van der Waals surface area contributed by atoms with Gasteiger partial charge in [0.25, 0.3) is 5.91 Å². The fourth-order valence-corrected chi connectivity index (χ4v) is 2.79. The first-order valence-corrected chi connectivity index (χ1v) is 8.54. The lowest BCUT2D eigenvalue weighted by Gasteiger charge is -2.15. The topological polar surface area (TPSA) is 86.2 Å². The van der Waals surface area contributed by atoms with Crippen LogP contribution in [0, 0.1) is 17.1 Å². The lowest BCUT2D eigenvalue weighted by molar-refractivity contribution is -0.123. The minimum absolute atomic E-state index is 0.0457. The molecule has 27 heavy (non-hydrogen) atoms. The number of hydrogen-bond donors (Lipinski definition) is 3. The van der Waals surface area contributed by atoms with Gasteiger partial charge in [-0.1, -0.05) is 29.3 Å². The van der Waals surface area contributed by atoms with Crippen LogP contribution < -0.4 is 20.7 Å². The molecule has 0 spiro atoms. The maximum absolute atomic E-state index is 14.8. The highest BCUT2D eigenvalue weighted by molar-refractivity contribution is 6.32. The summed E-state index contributed by atoms with van der Waals surface area (Å²) in [5.74, 6) is -1.10. The van der Waals surface area contributed by atoms with E-state index in [1.54, 1.807) is 12.4 Å². The van der Waals surface area contributed by atoms with Gasteiger partial charge in [0.15, 0.2) is 17.7 Å². The Morgan fingerprint density at radius 3 is 2.70 bits per heavy atom. The van der Waals surface area contributed by atoms with Crippen LogP contribution in [0.15, 0.2) is 42.7 Å². The number of rotatable bonds is 5. The van der Waals surface area contributed by atoms with Crippen molar-refractivity contribution in [1.82, 2.24) is 16.0 Å². The molecule has 0 fully saturated rings. The Morgan fingerprint density at radius 1 is 1.26 bits per heavy atom. The van der Waals surface area contributed by atoms with Crippen LogP contribution in [0.5, 0.6) is 11.5 Å². The molecule has 0 bridgehead atoms. The zero-order valence-corrected chi connectivity index (χ0v) is 15.2. The van der Waals surface area contributed by atoms with E-state index in [1.165, 1.54) is 30.3 Å². The zero-order valence-electron chi connectivity index (χ0n) is 13.7. The smallest absolute Gasteiger partial charge is 0.263 e. The SMILES string of the molecule is N#Cc1cc(Cl)cc(Oc2c(Cl)ccc(CNC(=O)C3NC=CN3)c2F)c1. The van der Waals surface area contributed by atoms with E-state index in [-0.39, 0.29) is 45.1 Å². The molecule has 0 radical (unpaired) electrons. The number of benzene rings is 2. The molecule has 1 heterocycles. The van der Waals surface area contributed by atoms with Crippen LogP contribution in [0.25, 0.3) is 0 Å². The minimum Gasteiger partial charge on any atom is -0.453 e. The summed E-state index contributed by atoms with van der Waals surface area (Å²) in [6.45, 7) is -0.0585. The van der Waals surface area contributed by atoms with Crippen LogP contribution >= 0.6 is 23.2 Å².